The Kier molecular flexibility index (Phi) is 8.30. The van der Waals surface area contributed by atoms with Gasteiger partial charge in [0, 0.05) is 0 Å². The van der Waals surface area contributed by atoms with E-state index in [0.29, 0.717) is 23.5 Å². The molecule has 0 aliphatic heterocycles. The number of ketones is 1. The zero-order chi connectivity index (χ0) is 30.2. The van der Waals surface area contributed by atoms with Gasteiger partial charge in [-0.3, -0.25) is 14.4 Å². The summed E-state index contributed by atoms with van der Waals surface area (Å²) >= 11 is 0. The molecular formula is C36H42O6. The lowest BCUT2D eigenvalue weighted by Crippen LogP contribution is -2.53. The number of fused-ring (bicyclic) bond motifs is 2. The molecule has 7 atom stereocenters. The van der Waals surface area contributed by atoms with Crippen LogP contribution in [0.25, 0.3) is 0 Å². The van der Waals surface area contributed by atoms with Gasteiger partial charge in [-0.15, -0.1) is 0 Å². The molecule has 6 nitrogen and oxygen atoms in total. The predicted molar refractivity (Wildman–Crippen MR) is 160 cm³/mol. The van der Waals surface area contributed by atoms with E-state index in [2.05, 4.69) is 20.4 Å². The fourth-order valence-electron chi connectivity index (χ4n) is 7.38. The number of carbonyl (C=O) groups is 3. The molecule has 0 saturated heterocycles. The minimum absolute atomic E-state index is 0.0288. The molecular weight excluding hydrogens is 528 g/mol. The number of esters is 2. The first-order chi connectivity index (χ1) is 19.9. The number of allylic oxidation sites excluding steroid dienone is 1. The van der Waals surface area contributed by atoms with Crippen LogP contribution in [0.2, 0.25) is 0 Å². The summed E-state index contributed by atoms with van der Waals surface area (Å²) in [5.41, 5.74) is 0.860. The molecule has 0 radical (unpaired) electrons. The number of ether oxygens (including phenoxy) is 2. The van der Waals surface area contributed by atoms with Crippen LogP contribution in [0, 0.1) is 29.1 Å². The van der Waals surface area contributed by atoms with Gasteiger partial charge in [0.05, 0.1) is 18.8 Å². The quantitative estimate of drug-likeness (QED) is 0.348. The van der Waals surface area contributed by atoms with E-state index in [9.17, 15) is 19.5 Å². The van der Waals surface area contributed by atoms with Crippen molar-refractivity contribution in [2.45, 2.75) is 77.6 Å². The number of benzene rings is 2. The largest absolute Gasteiger partial charge is 0.461 e. The summed E-state index contributed by atoms with van der Waals surface area (Å²) in [5.74, 6) is -2.12. The van der Waals surface area contributed by atoms with E-state index >= 15 is 0 Å². The highest BCUT2D eigenvalue weighted by Gasteiger charge is 2.63. The first kappa shape index (κ1) is 30.0. The molecule has 222 valence electrons. The number of aliphatic hydroxyl groups is 1. The average molecular weight is 571 g/mol. The van der Waals surface area contributed by atoms with Gasteiger partial charge < -0.3 is 14.6 Å². The third-order valence-corrected chi connectivity index (χ3v) is 9.83. The molecule has 2 saturated carbocycles. The second-order valence-corrected chi connectivity index (χ2v) is 13.2. The van der Waals surface area contributed by atoms with E-state index in [0.717, 1.165) is 17.5 Å². The van der Waals surface area contributed by atoms with E-state index in [4.69, 9.17) is 9.47 Å². The van der Waals surface area contributed by atoms with E-state index < -0.39 is 41.4 Å². The van der Waals surface area contributed by atoms with Crippen LogP contribution in [0.5, 0.6) is 0 Å². The monoisotopic (exact) mass is 570 g/mol. The Morgan fingerprint density at radius 3 is 2.07 bits per heavy atom. The maximum Gasteiger partial charge on any atom is 0.310 e. The first-order valence-electron chi connectivity index (χ1n) is 15.0. The molecule has 2 fully saturated rings. The van der Waals surface area contributed by atoms with Gasteiger partial charge in [0.2, 0.25) is 0 Å². The van der Waals surface area contributed by atoms with Crippen molar-refractivity contribution < 1.29 is 29.0 Å². The SMILES string of the molecule is C=C1CC[C@H]2[C@@H](/C=C(\C)C(=O)[C@@]3(O)C[C@H](C)[C@H](OC(=O)Cc4ccccc4)[C@@H]3[C@H]1OC(=O)Cc1ccccc1)C2(C)C. The molecule has 0 amide bonds. The molecule has 6 heteroatoms. The number of rotatable bonds is 6. The Morgan fingerprint density at radius 2 is 1.50 bits per heavy atom. The fraction of sp³-hybridized carbons (Fsp3) is 0.472. The molecule has 3 aliphatic carbocycles. The molecule has 0 aromatic heterocycles. The van der Waals surface area contributed by atoms with Crippen LogP contribution in [0.3, 0.4) is 0 Å². The summed E-state index contributed by atoms with van der Waals surface area (Å²) in [6, 6.07) is 18.6. The summed E-state index contributed by atoms with van der Waals surface area (Å²) in [7, 11) is 0. The van der Waals surface area contributed by atoms with Crippen molar-refractivity contribution in [2.75, 3.05) is 0 Å². The Morgan fingerprint density at radius 1 is 0.952 bits per heavy atom. The highest BCUT2D eigenvalue weighted by atomic mass is 16.6. The van der Waals surface area contributed by atoms with Gasteiger partial charge in [-0.2, -0.15) is 0 Å². The predicted octanol–water partition coefficient (Wildman–Crippen LogP) is 5.82. The van der Waals surface area contributed by atoms with E-state index in [1.165, 1.54) is 0 Å². The normalized spacial score (nSPS) is 33.3. The Labute approximate surface area is 248 Å². The standard InChI is InChI=1S/C36H42O6/c1-22-16-17-27-28(35(27,4)5)18-23(2)34(39)36(40)21-24(3)33(42-30(38)20-26-14-10-7-11-15-26)31(36)32(22)41-29(37)19-25-12-8-6-9-13-25/h6-15,18,24,27-28,31-33,40H,1,16-17,19-21H2,2-5H3/b23-18+/t24-,27-,28+,31-,32-,33-,36+/m0/s1. The maximum atomic E-state index is 14.1. The second kappa shape index (κ2) is 11.6. The molecule has 0 bridgehead atoms. The lowest BCUT2D eigenvalue weighted by Gasteiger charge is -2.37. The zero-order valence-corrected chi connectivity index (χ0v) is 25.0. The lowest BCUT2D eigenvalue weighted by molar-refractivity contribution is -0.170. The number of hydrogen-bond donors (Lipinski definition) is 1. The van der Waals surface area contributed by atoms with Crippen LogP contribution in [0.15, 0.2) is 84.5 Å². The van der Waals surface area contributed by atoms with Crippen molar-refractivity contribution >= 4 is 17.7 Å². The van der Waals surface area contributed by atoms with Crippen LogP contribution in [0.4, 0.5) is 0 Å². The molecule has 1 N–H and O–H groups in total. The van der Waals surface area contributed by atoms with Gasteiger partial charge >= 0.3 is 11.9 Å². The highest BCUT2D eigenvalue weighted by molar-refractivity contribution is 6.02. The molecule has 2 aromatic rings. The minimum Gasteiger partial charge on any atom is -0.461 e. The van der Waals surface area contributed by atoms with Gasteiger partial charge in [-0.1, -0.05) is 94.1 Å². The summed E-state index contributed by atoms with van der Waals surface area (Å²) in [6.07, 6.45) is 1.73. The van der Waals surface area contributed by atoms with Crippen molar-refractivity contribution in [3.63, 3.8) is 0 Å². The molecule has 0 unspecified atom stereocenters. The van der Waals surface area contributed by atoms with Crippen LogP contribution < -0.4 is 0 Å². The van der Waals surface area contributed by atoms with Crippen molar-refractivity contribution in [1.82, 2.24) is 0 Å². The van der Waals surface area contributed by atoms with Crippen molar-refractivity contribution in [1.29, 1.82) is 0 Å². The molecule has 3 aliphatic rings. The zero-order valence-electron chi connectivity index (χ0n) is 25.0. The second-order valence-electron chi connectivity index (χ2n) is 13.2. The molecule has 0 heterocycles. The smallest absolute Gasteiger partial charge is 0.310 e. The van der Waals surface area contributed by atoms with Gasteiger partial charge in [-0.25, -0.2) is 0 Å². The van der Waals surface area contributed by atoms with Crippen LogP contribution in [-0.2, 0) is 36.7 Å². The van der Waals surface area contributed by atoms with Crippen molar-refractivity contribution in [3.05, 3.63) is 95.6 Å². The van der Waals surface area contributed by atoms with Gasteiger partial charge in [0.25, 0.3) is 0 Å². The van der Waals surface area contributed by atoms with Crippen LogP contribution >= 0.6 is 0 Å². The van der Waals surface area contributed by atoms with E-state index in [-0.39, 0.29) is 36.5 Å². The Bertz CT molecular complexity index is 1380. The molecule has 5 rings (SSSR count). The van der Waals surface area contributed by atoms with Gasteiger partial charge in [0.15, 0.2) is 5.78 Å². The Hall–Kier alpha value is -3.51. The molecule has 2 aromatic carbocycles. The lowest BCUT2D eigenvalue weighted by atomic mass is 9.77. The summed E-state index contributed by atoms with van der Waals surface area (Å²) in [5, 5.41) is 12.3. The third kappa shape index (κ3) is 5.87. The maximum absolute atomic E-state index is 14.1. The van der Waals surface area contributed by atoms with E-state index in [1.807, 2.05) is 73.7 Å². The average Bonchev–Trinajstić information content (AvgIpc) is 3.36. The van der Waals surface area contributed by atoms with Crippen LogP contribution in [0.1, 0.15) is 58.1 Å². The fourth-order valence-corrected chi connectivity index (χ4v) is 7.38. The summed E-state index contributed by atoms with van der Waals surface area (Å²) in [4.78, 5) is 40.7. The highest BCUT2D eigenvalue weighted by Crippen LogP contribution is 2.62. The van der Waals surface area contributed by atoms with Crippen molar-refractivity contribution in [2.24, 2.45) is 29.1 Å². The Balaban J connectivity index is 1.51. The number of hydrogen-bond acceptors (Lipinski definition) is 6. The number of carbonyl (C=O) groups excluding carboxylic acids is 3. The van der Waals surface area contributed by atoms with Gasteiger partial charge in [-0.05, 0) is 71.6 Å². The van der Waals surface area contributed by atoms with Gasteiger partial charge in [0.1, 0.15) is 17.8 Å². The number of Topliss-reactive ketones (excluding diaryl/α,β-unsaturated/α-hetero) is 1. The summed E-state index contributed by atoms with van der Waals surface area (Å²) in [6.45, 7) is 12.4. The third-order valence-electron chi connectivity index (χ3n) is 9.83. The minimum atomic E-state index is -1.89. The molecule has 42 heavy (non-hydrogen) atoms. The van der Waals surface area contributed by atoms with Crippen LogP contribution in [-0.4, -0.2) is 40.6 Å². The van der Waals surface area contributed by atoms with E-state index in [1.54, 1.807) is 6.92 Å². The summed E-state index contributed by atoms with van der Waals surface area (Å²) < 4.78 is 12.2. The molecule has 0 spiro atoms. The van der Waals surface area contributed by atoms with Crippen molar-refractivity contribution in [3.8, 4) is 0 Å². The topological polar surface area (TPSA) is 89.9 Å². The first-order valence-corrected chi connectivity index (χ1v) is 15.0.